The van der Waals surface area contributed by atoms with Crippen LogP contribution in [0.3, 0.4) is 0 Å². The van der Waals surface area contributed by atoms with Crippen LogP contribution < -0.4 is 29.6 Å². The van der Waals surface area contributed by atoms with Crippen LogP contribution in [0.2, 0.25) is 0 Å². The van der Waals surface area contributed by atoms with E-state index >= 15 is 0 Å². The van der Waals surface area contributed by atoms with Crippen molar-refractivity contribution in [3.05, 3.63) is 0 Å². The normalized spacial score (nSPS) is 11.1. The van der Waals surface area contributed by atoms with Gasteiger partial charge in [0, 0.05) is 6.42 Å². The molecule has 122 valence electrons. The molecule has 5 nitrogen and oxygen atoms in total. The average molecular weight is 332 g/mol. The van der Waals surface area contributed by atoms with Crippen molar-refractivity contribution in [3.63, 3.8) is 0 Å². The third kappa shape index (κ3) is 22.8. The van der Waals surface area contributed by atoms with Gasteiger partial charge in [-0.05, 0) is 12.8 Å². The van der Waals surface area contributed by atoms with Crippen LogP contribution in [0.4, 0.5) is 0 Å². The molecule has 0 atom stereocenters. The summed E-state index contributed by atoms with van der Waals surface area (Å²) in [7, 11) is -3.78. The van der Waals surface area contributed by atoms with Gasteiger partial charge in [-0.1, -0.05) is 57.8 Å². The zero-order valence-corrected chi connectivity index (χ0v) is 16.0. The van der Waals surface area contributed by atoms with E-state index in [9.17, 15) is 13.2 Å². The van der Waals surface area contributed by atoms with E-state index in [0.29, 0.717) is 6.42 Å². The number of hydrogen-bond donors (Lipinski definition) is 2. The molecule has 0 aromatic carbocycles. The minimum absolute atomic E-state index is 0. The first kappa shape index (κ1) is 23.6. The van der Waals surface area contributed by atoms with Gasteiger partial charge < -0.3 is 6.53 Å². The van der Waals surface area contributed by atoms with E-state index in [1.165, 1.54) is 25.7 Å². The molecule has 0 unspecified atom stereocenters. The molecule has 0 heterocycles. The summed E-state index contributed by atoms with van der Waals surface area (Å²) in [4.78, 5) is 10.3. The van der Waals surface area contributed by atoms with E-state index in [2.05, 4.69) is 0 Å². The van der Waals surface area contributed by atoms with Gasteiger partial charge in [0.25, 0.3) is 10.1 Å². The second-order valence-electron chi connectivity index (χ2n) is 5.32. The summed E-state index contributed by atoms with van der Waals surface area (Å²) < 4.78 is 29.5. The Morgan fingerprint density at radius 3 is 1.43 bits per heavy atom. The fourth-order valence-corrected chi connectivity index (χ4v) is 2.72. The summed E-state index contributed by atoms with van der Waals surface area (Å²) in [6.45, 7) is 0. The summed E-state index contributed by atoms with van der Waals surface area (Å²) in [6.07, 6.45) is 11.4. The van der Waals surface area contributed by atoms with Crippen LogP contribution in [0.5, 0.6) is 0 Å². The van der Waals surface area contributed by atoms with Crippen molar-refractivity contribution in [1.29, 1.82) is 0 Å². The van der Waals surface area contributed by atoms with Gasteiger partial charge in [0.05, 0.1) is 5.75 Å². The molecule has 0 aliphatic rings. The van der Waals surface area contributed by atoms with Crippen LogP contribution in [0, 0.1) is 0 Å². The third-order valence-corrected chi connectivity index (χ3v) is 4.10. The molecule has 0 aromatic rings. The molecule has 0 bridgehead atoms. The van der Waals surface area contributed by atoms with Gasteiger partial charge in [-0.3, -0.25) is 9.35 Å². The van der Waals surface area contributed by atoms with Crippen molar-refractivity contribution in [2.45, 2.75) is 77.0 Å². The second kappa shape index (κ2) is 15.3. The number of rotatable bonds is 14. The maximum atomic E-state index is 10.5. The van der Waals surface area contributed by atoms with Crippen molar-refractivity contribution in [2.24, 2.45) is 0 Å². The Labute approximate surface area is 152 Å². The van der Waals surface area contributed by atoms with Gasteiger partial charge >= 0.3 is 35.5 Å². The SMILES string of the molecule is O=C(O)CCCCCCCCCCCCCS(=O)(=O)O.[H-].[Na+]. The number of carboxylic acid groups (broad SMARTS) is 1. The molecule has 0 amide bonds. The molecule has 0 aromatic heterocycles. The summed E-state index contributed by atoms with van der Waals surface area (Å²) in [5, 5.41) is 8.47. The number of aliphatic carboxylic acids is 1. The fraction of sp³-hybridized carbons (Fsp3) is 0.929. The Hall–Kier alpha value is 0.380. The summed E-state index contributed by atoms with van der Waals surface area (Å²) >= 11 is 0. The first-order chi connectivity index (χ1) is 9.42. The molecule has 0 fully saturated rings. The van der Waals surface area contributed by atoms with E-state index in [0.717, 1.165) is 38.5 Å². The summed E-state index contributed by atoms with van der Waals surface area (Å²) in [5.41, 5.74) is 0. The zero-order chi connectivity index (χ0) is 15.3. The fourth-order valence-electron chi connectivity index (χ4n) is 2.15. The van der Waals surface area contributed by atoms with E-state index in [-0.39, 0.29) is 43.2 Å². The Kier molecular flexibility index (Phi) is 17.2. The molecule has 0 rings (SSSR count). The van der Waals surface area contributed by atoms with Gasteiger partial charge in [-0.25, -0.2) is 0 Å². The molecule has 21 heavy (non-hydrogen) atoms. The number of carbonyl (C=O) groups is 1. The molecule has 0 saturated heterocycles. The van der Waals surface area contributed by atoms with Crippen LogP contribution in [0.1, 0.15) is 78.5 Å². The van der Waals surface area contributed by atoms with Crippen molar-refractivity contribution in [1.82, 2.24) is 0 Å². The molecule has 0 aliphatic carbocycles. The molecule has 0 saturated carbocycles. The van der Waals surface area contributed by atoms with E-state index in [1.54, 1.807) is 0 Å². The second-order valence-corrected chi connectivity index (χ2v) is 6.89. The van der Waals surface area contributed by atoms with Crippen LogP contribution in [0.25, 0.3) is 0 Å². The van der Waals surface area contributed by atoms with Gasteiger partial charge in [-0.2, -0.15) is 8.42 Å². The largest absolute Gasteiger partial charge is 1.00 e. The molecule has 0 spiro atoms. The minimum atomic E-state index is -3.78. The van der Waals surface area contributed by atoms with Crippen molar-refractivity contribution in [2.75, 3.05) is 5.75 Å². The van der Waals surface area contributed by atoms with Gasteiger partial charge in [0.1, 0.15) is 0 Å². The van der Waals surface area contributed by atoms with E-state index < -0.39 is 16.1 Å². The van der Waals surface area contributed by atoms with Crippen LogP contribution in [-0.4, -0.2) is 29.8 Å². The molecular formula is C14H29NaO5S. The Bertz CT molecular complexity index is 349. The van der Waals surface area contributed by atoms with Crippen LogP contribution >= 0.6 is 0 Å². The van der Waals surface area contributed by atoms with E-state index in [4.69, 9.17) is 9.66 Å². The molecule has 7 heteroatoms. The molecule has 0 radical (unpaired) electrons. The molecule has 0 aliphatic heterocycles. The van der Waals surface area contributed by atoms with E-state index in [1.807, 2.05) is 0 Å². The third-order valence-electron chi connectivity index (χ3n) is 3.29. The number of carboxylic acids is 1. The predicted molar refractivity (Wildman–Crippen MR) is 80.6 cm³/mol. The smallest absolute Gasteiger partial charge is 1.00 e. The van der Waals surface area contributed by atoms with Gasteiger partial charge in [-0.15, -0.1) is 0 Å². The van der Waals surface area contributed by atoms with Crippen molar-refractivity contribution in [3.8, 4) is 0 Å². The number of hydrogen-bond acceptors (Lipinski definition) is 3. The first-order valence-electron chi connectivity index (χ1n) is 7.59. The molecular weight excluding hydrogens is 303 g/mol. The number of unbranched alkanes of at least 4 members (excludes halogenated alkanes) is 10. The Morgan fingerprint density at radius 1 is 0.762 bits per heavy atom. The van der Waals surface area contributed by atoms with Crippen molar-refractivity contribution < 1.29 is 53.9 Å². The zero-order valence-electron chi connectivity index (χ0n) is 14.2. The first-order valence-corrected chi connectivity index (χ1v) is 9.20. The maximum Gasteiger partial charge on any atom is 1.00 e. The minimum Gasteiger partial charge on any atom is -1.00 e. The summed E-state index contributed by atoms with van der Waals surface area (Å²) in [5.74, 6) is -0.831. The monoisotopic (exact) mass is 332 g/mol. The van der Waals surface area contributed by atoms with Gasteiger partial charge in [0.15, 0.2) is 0 Å². The summed E-state index contributed by atoms with van der Waals surface area (Å²) in [6, 6.07) is 0. The predicted octanol–water partition coefficient (Wildman–Crippen LogP) is 0.757. The Morgan fingerprint density at radius 2 is 1.10 bits per heavy atom. The standard InChI is InChI=1S/C14H28O5S.Na.H/c15-14(16)12-10-8-6-4-2-1-3-5-7-9-11-13-20(17,18)19;;/h1-13H2,(H,15,16)(H,17,18,19);;/q;+1;-1. The topological polar surface area (TPSA) is 91.7 Å². The van der Waals surface area contributed by atoms with Crippen LogP contribution in [0.15, 0.2) is 0 Å². The van der Waals surface area contributed by atoms with Crippen molar-refractivity contribution >= 4 is 16.1 Å². The average Bonchev–Trinajstić information content (AvgIpc) is 2.33. The quantitative estimate of drug-likeness (QED) is 0.278. The van der Waals surface area contributed by atoms with Gasteiger partial charge in [0.2, 0.25) is 0 Å². The maximum absolute atomic E-state index is 10.5. The van der Waals surface area contributed by atoms with Crippen LogP contribution in [-0.2, 0) is 14.9 Å². The molecule has 2 N–H and O–H groups in total. The Balaban J connectivity index is -0.00000180.